The van der Waals surface area contributed by atoms with Crippen molar-refractivity contribution in [2.24, 2.45) is 0 Å². The van der Waals surface area contributed by atoms with Crippen molar-refractivity contribution in [3.8, 4) is 6.07 Å². The summed E-state index contributed by atoms with van der Waals surface area (Å²) in [6, 6.07) is 7.02. The molecule has 3 heteroatoms. The van der Waals surface area contributed by atoms with Crippen molar-refractivity contribution in [1.29, 1.82) is 5.26 Å². The highest BCUT2D eigenvalue weighted by Crippen LogP contribution is 2.21. The number of unbranched alkanes of at least 4 members (excludes halogenated alkanes) is 2. The van der Waals surface area contributed by atoms with E-state index in [1.165, 1.54) is 18.9 Å². The Morgan fingerprint density at radius 1 is 1.33 bits per heavy atom. The summed E-state index contributed by atoms with van der Waals surface area (Å²) in [7, 11) is 0. The Morgan fingerprint density at radius 3 is 2.56 bits per heavy atom. The van der Waals surface area contributed by atoms with Crippen LogP contribution in [0, 0.1) is 17.1 Å². The minimum atomic E-state index is -0.434. The van der Waals surface area contributed by atoms with Gasteiger partial charge in [-0.3, -0.25) is 0 Å². The molecule has 0 aliphatic carbocycles. The van der Waals surface area contributed by atoms with E-state index in [-0.39, 0.29) is 5.56 Å². The van der Waals surface area contributed by atoms with E-state index in [0.717, 1.165) is 18.7 Å². The second-order valence-corrected chi connectivity index (χ2v) is 4.77. The van der Waals surface area contributed by atoms with E-state index >= 15 is 0 Å². The molecule has 0 fully saturated rings. The van der Waals surface area contributed by atoms with E-state index < -0.39 is 5.82 Å². The summed E-state index contributed by atoms with van der Waals surface area (Å²) in [5.41, 5.74) is 0.966. The number of nitrogens with zero attached hydrogens (tertiary/aromatic N) is 2. The zero-order valence-corrected chi connectivity index (χ0v) is 11.4. The van der Waals surface area contributed by atoms with Crippen LogP contribution < -0.4 is 4.90 Å². The first-order chi connectivity index (χ1) is 8.60. The van der Waals surface area contributed by atoms with Gasteiger partial charge in [-0.25, -0.2) is 4.39 Å². The summed E-state index contributed by atoms with van der Waals surface area (Å²) in [5, 5.41) is 8.73. The van der Waals surface area contributed by atoms with Gasteiger partial charge in [0.1, 0.15) is 11.9 Å². The fourth-order valence-corrected chi connectivity index (χ4v) is 1.99. The first kappa shape index (κ1) is 14.5. The van der Waals surface area contributed by atoms with Crippen LogP contribution in [0.15, 0.2) is 18.2 Å². The van der Waals surface area contributed by atoms with Crippen LogP contribution in [0.2, 0.25) is 0 Å². The Labute approximate surface area is 109 Å². The lowest BCUT2D eigenvalue weighted by atomic mass is 10.1. The van der Waals surface area contributed by atoms with Gasteiger partial charge in [0, 0.05) is 18.3 Å². The van der Waals surface area contributed by atoms with Crippen molar-refractivity contribution in [2.75, 3.05) is 11.4 Å². The molecule has 0 spiro atoms. The molecule has 0 unspecified atom stereocenters. The van der Waals surface area contributed by atoms with Crippen molar-refractivity contribution in [1.82, 2.24) is 0 Å². The molecular formula is C15H21FN2. The van der Waals surface area contributed by atoms with Gasteiger partial charge in [-0.15, -0.1) is 0 Å². The maximum atomic E-state index is 13.6. The number of hydrogen-bond donors (Lipinski definition) is 0. The highest BCUT2D eigenvalue weighted by molar-refractivity contribution is 5.51. The Balaban J connectivity index is 2.86. The van der Waals surface area contributed by atoms with Crippen LogP contribution in [0.5, 0.6) is 0 Å². The van der Waals surface area contributed by atoms with E-state index in [0.29, 0.717) is 6.04 Å². The number of nitriles is 1. The molecule has 2 nitrogen and oxygen atoms in total. The lowest BCUT2D eigenvalue weighted by Crippen LogP contribution is -2.31. The van der Waals surface area contributed by atoms with Crippen LogP contribution in [-0.2, 0) is 0 Å². The van der Waals surface area contributed by atoms with E-state index in [9.17, 15) is 4.39 Å². The molecule has 0 amide bonds. The Bertz CT molecular complexity index is 421. The van der Waals surface area contributed by atoms with Gasteiger partial charge in [0.05, 0.1) is 5.56 Å². The molecule has 0 aliphatic heterocycles. The molecule has 98 valence electrons. The van der Waals surface area contributed by atoms with Crippen molar-refractivity contribution in [3.05, 3.63) is 29.6 Å². The summed E-state index contributed by atoms with van der Waals surface area (Å²) in [5.74, 6) is -0.434. The number of rotatable bonds is 6. The van der Waals surface area contributed by atoms with Gasteiger partial charge in [-0.05, 0) is 38.5 Å². The first-order valence-electron chi connectivity index (χ1n) is 6.56. The first-order valence-corrected chi connectivity index (χ1v) is 6.56. The van der Waals surface area contributed by atoms with Crippen LogP contribution in [-0.4, -0.2) is 12.6 Å². The van der Waals surface area contributed by atoms with Gasteiger partial charge < -0.3 is 4.90 Å². The third-order valence-corrected chi connectivity index (χ3v) is 3.03. The highest BCUT2D eigenvalue weighted by atomic mass is 19.1. The maximum absolute atomic E-state index is 13.6. The van der Waals surface area contributed by atoms with E-state index in [1.54, 1.807) is 6.07 Å². The number of anilines is 1. The Kier molecular flexibility index (Phi) is 5.64. The van der Waals surface area contributed by atoms with Crippen LogP contribution in [0.1, 0.15) is 45.6 Å². The van der Waals surface area contributed by atoms with Crippen molar-refractivity contribution < 1.29 is 4.39 Å². The fourth-order valence-electron chi connectivity index (χ4n) is 1.99. The summed E-state index contributed by atoms with van der Waals surface area (Å²) in [4.78, 5) is 2.18. The van der Waals surface area contributed by atoms with Crippen molar-refractivity contribution >= 4 is 5.69 Å². The average Bonchev–Trinajstić information content (AvgIpc) is 2.34. The SMILES string of the molecule is CCCCCN(c1ccc(C#N)c(F)c1)C(C)C. The molecule has 1 aromatic carbocycles. The topological polar surface area (TPSA) is 27.0 Å². The molecule has 18 heavy (non-hydrogen) atoms. The van der Waals surface area contributed by atoms with Gasteiger partial charge in [-0.2, -0.15) is 5.26 Å². The van der Waals surface area contributed by atoms with E-state index in [4.69, 9.17) is 5.26 Å². The molecule has 0 saturated heterocycles. The minimum Gasteiger partial charge on any atom is -0.369 e. The van der Waals surface area contributed by atoms with Gasteiger partial charge in [-0.1, -0.05) is 19.8 Å². The molecule has 0 aliphatic rings. The lowest BCUT2D eigenvalue weighted by molar-refractivity contribution is 0.608. The molecule has 0 bridgehead atoms. The normalized spacial score (nSPS) is 10.4. The smallest absolute Gasteiger partial charge is 0.143 e. The molecule has 0 heterocycles. The van der Waals surface area contributed by atoms with Gasteiger partial charge in [0.2, 0.25) is 0 Å². The molecule has 1 rings (SSSR count). The van der Waals surface area contributed by atoms with Gasteiger partial charge in [0.15, 0.2) is 0 Å². The quantitative estimate of drug-likeness (QED) is 0.709. The van der Waals surface area contributed by atoms with Crippen LogP contribution in [0.4, 0.5) is 10.1 Å². The van der Waals surface area contributed by atoms with Gasteiger partial charge in [0.25, 0.3) is 0 Å². The largest absolute Gasteiger partial charge is 0.369 e. The molecule has 1 aromatic rings. The molecule has 0 N–H and O–H groups in total. The summed E-state index contributed by atoms with van der Waals surface area (Å²) >= 11 is 0. The molecule has 0 saturated carbocycles. The van der Waals surface area contributed by atoms with Crippen LogP contribution >= 0.6 is 0 Å². The molecule has 0 atom stereocenters. The number of hydrogen-bond acceptors (Lipinski definition) is 2. The second-order valence-electron chi connectivity index (χ2n) is 4.77. The van der Waals surface area contributed by atoms with Crippen molar-refractivity contribution in [2.45, 2.75) is 46.1 Å². The predicted octanol–water partition coefficient (Wildman–Crippen LogP) is 4.10. The Hall–Kier alpha value is -1.56. The van der Waals surface area contributed by atoms with Crippen molar-refractivity contribution in [3.63, 3.8) is 0 Å². The minimum absolute atomic E-state index is 0.107. The molecular weight excluding hydrogens is 227 g/mol. The number of benzene rings is 1. The summed E-state index contributed by atoms with van der Waals surface area (Å²) in [6.45, 7) is 7.29. The number of halogens is 1. The zero-order valence-electron chi connectivity index (χ0n) is 11.4. The summed E-state index contributed by atoms with van der Waals surface area (Å²) < 4.78 is 13.6. The molecule has 0 aromatic heterocycles. The standard InChI is InChI=1S/C15H21FN2/c1-4-5-6-9-18(12(2)3)14-8-7-13(11-17)15(16)10-14/h7-8,10,12H,4-6,9H2,1-3H3. The Morgan fingerprint density at radius 2 is 2.06 bits per heavy atom. The second kappa shape index (κ2) is 7.00. The van der Waals surface area contributed by atoms with E-state index in [2.05, 4.69) is 25.7 Å². The van der Waals surface area contributed by atoms with Gasteiger partial charge >= 0.3 is 0 Å². The van der Waals surface area contributed by atoms with E-state index in [1.807, 2.05) is 12.1 Å². The third-order valence-electron chi connectivity index (χ3n) is 3.03. The predicted molar refractivity (Wildman–Crippen MR) is 73.1 cm³/mol. The van der Waals surface area contributed by atoms with Crippen LogP contribution in [0.3, 0.4) is 0 Å². The lowest BCUT2D eigenvalue weighted by Gasteiger charge is -2.29. The maximum Gasteiger partial charge on any atom is 0.143 e. The monoisotopic (exact) mass is 248 g/mol. The zero-order chi connectivity index (χ0) is 13.5. The third kappa shape index (κ3) is 3.73. The highest BCUT2D eigenvalue weighted by Gasteiger charge is 2.12. The average molecular weight is 248 g/mol. The molecule has 0 radical (unpaired) electrons. The van der Waals surface area contributed by atoms with Crippen LogP contribution in [0.25, 0.3) is 0 Å². The summed E-state index contributed by atoms with van der Waals surface area (Å²) in [6.07, 6.45) is 3.46. The fraction of sp³-hybridized carbons (Fsp3) is 0.533.